The number of morpholine rings is 1. The lowest BCUT2D eigenvalue weighted by Crippen LogP contribution is -2.45. The molecule has 2 aromatic rings. The van der Waals surface area contributed by atoms with Crippen LogP contribution in [0.25, 0.3) is 0 Å². The number of carbonyl (C=O) groups is 1. The first kappa shape index (κ1) is 17.6. The summed E-state index contributed by atoms with van der Waals surface area (Å²) in [6.07, 6.45) is -0.191. The SMILES string of the molecule is Cc1nc(C2CN(CC(=O)N(C)C(C)c3ccccc3)CCO2)n[nH]1. The van der Waals surface area contributed by atoms with E-state index >= 15 is 0 Å². The highest BCUT2D eigenvalue weighted by Crippen LogP contribution is 2.21. The molecule has 1 aliphatic heterocycles. The Morgan fingerprint density at radius 2 is 2.20 bits per heavy atom. The van der Waals surface area contributed by atoms with Gasteiger partial charge in [0.25, 0.3) is 0 Å². The van der Waals surface area contributed by atoms with Crippen molar-refractivity contribution in [3.8, 4) is 0 Å². The number of carbonyl (C=O) groups excluding carboxylic acids is 1. The summed E-state index contributed by atoms with van der Waals surface area (Å²) < 4.78 is 5.75. The number of likely N-dealkylation sites (N-methyl/N-ethyl adjacent to an activating group) is 1. The van der Waals surface area contributed by atoms with Gasteiger partial charge >= 0.3 is 0 Å². The van der Waals surface area contributed by atoms with Gasteiger partial charge in [0.2, 0.25) is 5.91 Å². The summed E-state index contributed by atoms with van der Waals surface area (Å²) in [7, 11) is 1.86. The third-order valence-electron chi connectivity index (χ3n) is 4.67. The van der Waals surface area contributed by atoms with Crippen molar-refractivity contribution in [2.75, 3.05) is 33.3 Å². The largest absolute Gasteiger partial charge is 0.367 e. The molecule has 1 aromatic heterocycles. The van der Waals surface area contributed by atoms with Crippen LogP contribution < -0.4 is 0 Å². The van der Waals surface area contributed by atoms with Crippen molar-refractivity contribution >= 4 is 5.91 Å². The molecule has 0 aliphatic carbocycles. The second kappa shape index (κ2) is 7.76. The minimum atomic E-state index is -0.191. The van der Waals surface area contributed by atoms with Crippen LogP contribution in [-0.2, 0) is 9.53 Å². The fraction of sp³-hybridized carbons (Fsp3) is 0.500. The summed E-state index contributed by atoms with van der Waals surface area (Å²) in [4.78, 5) is 20.9. The van der Waals surface area contributed by atoms with Crippen LogP contribution in [0.4, 0.5) is 0 Å². The number of aromatic nitrogens is 3. The van der Waals surface area contributed by atoms with Gasteiger partial charge in [-0.05, 0) is 19.4 Å². The Bertz CT molecular complexity index is 703. The molecular formula is C18H25N5O2. The number of nitrogens with one attached hydrogen (secondary N) is 1. The minimum absolute atomic E-state index is 0.0428. The molecule has 7 nitrogen and oxygen atoms in total. The maximum absolute atomic E-state index is 12.7. The van der Waals surface area contributed by atoms with Gasteiger partial charge in [-0.3, -0.25) is 14.8 Å². The zero-order chi connectivity index (χ0) is 17.8. The Morgan fingerprint density at radius 1 is 1.44 bits per heavy atom. The second-order valence-electron chi connectivity index (χ2n) is 6.46. The van der Waals surface area contributed by atoms with Crippen LogP contribution in [0.1, 0.15) is 36.3 Å². The predicted octanol–water partition coefficient (Wildman–Crippen LogP) is 1.71. The van der Waals surface area contributed by atoms with Gasteiger partial charge in [-0.2, -0.15) is 5.10 Å². The fourth-order valence-corrected chi connectivity index (χ4v) is 2.98. The lowest BCUT2D eigenvalue weighted by molar-refractivity contribution is -0.135. The summed E-state index contributed by atoms with van der Waals surface area (Å²) in [5.41, 5.74) is 1.13. The maximum Gasteiger partial charge on any atom is 0.236 e. The first-order valence-electron chi connectivity index (χ1n) is 8.58. The first-order chi connectivity index (χ1) is 12.0. The lowest BCUT2D eigenvalue weighted by atomic mass is 10.1. The van der Waals surface area contributed by atoms with E-state index in [-0.39, 0.29) is 18.1 Å². The highest BCUT2D eigenvalue weighted by atomic mass is 16.5. The van der Waals surface area contributed by atoms with Gasteiger partial charge in [0.15, 0.2) is 5.82 Å². The molecule has 134 valence electrons. The van der Waals surface area contributed by atoms with E-state index in [0.29, 0.717) is 25.5 Å². The highest BCUT2D eigenvalue weighted by Gasteiger charge is 2.27. The molecule has 0 radical (unpaired) electrons. The summed E-state index contributed by atoms with van der Waals surface area (Å²) in [5.74, 6) is 1.52. The molecule has 25 heavy (non-hydrogen) atoms. The van der Waals surface area contributed by atoms with Gasteiger partial charge in [-0.1, -0.05) is 30.3 Å². The highest BCUT2D eigenvalue weighted by molar-refractivity contribution is 5.78. The Morgan fingerprint density at radius 3 is 2.88 bits per heavy atom. The van der Waals surface area contributed by atoms with Gasteiger partial charge < -0.3 is 9.64 Å². The van der Waals surface area contributed by atoms with Crippen molar-refractivity contribution in [1.82, 2.24) is 25.0 Å². The zero-order valence-corrected chi connectivity index (χ0v) is 15.0. The maximum atomic E-state index is 12.7. The molecule has 2 atom stereocenters. The molecule has 2 heterocycles. The van der Waals surface area contributed by atoms with E-state index in [1.807, 2.05) is 51.2 Å². The lowest BCUT2D eigenvalue weighted by Gasteiger charge is -2.33. The van der Waals surface area contributed by atoms with Crippen molar-refractivity contribution in [2.24, 2.45) is 0 Å². The third kappa shape index (κ3) is 4.24. The standard InChI is InChI=1S/C18H25N5O2/c1-13(15-7-5-4-6-8-15)22(3)17(24)12-23-9-10-25-16(11-23)18-19-14(2)20-21-18/h4-8,13,16H,9-12H2,1-3H3,(H,19,20,21). The van der Waals surface area contributed by atoms with Crippen LogP contribution in [0.3, 0.4) is 0 Å². The van der Waals surface area contributed by atoms with Crippen molar-refractivity contribution in [3.63, 3.8) is 0 Å². The van der Waals surface area contributed by atoms with Crippen molar-refractivity contribution < 1.29 is 9.53 Å². The Labute approximate surface area is 148 Å². The summed E-state index contributed by atoms with van der Waals surface area (Å²) >= 11 is 0. The predicted molar refractivity (Wildman–Crippen MR) is 93.9 cm³/mol. The Balaban J connectivity index is 1.58. The van der Waals surface area contributed by atoms with Crippen molar-refractivity contribution in [3.05, 3.63) is 47.5 Å². The van der Waals surface area contributed by atoms with Crippen molar-refractivity contribution in [1.29, 1.82) is 0 Å². The van der Waals surface area contributed by atoms with Crippen molar-refractivity contribution in [2.45, 2.75) is 26.0 Å². The average molecular weight is 343 g/mol. The van der Waals surface area contributed by atoms with Gasteiger partial charge in [0.05, 0.1) is 19.2 Å². The number of aromatic amines is 1. The van der Waals surface area contributed by atoms with E-state index in [1.54, 1.807) is 4.90 Å². The summed E-state index contributed by atoms with van der Waals surface area (Å²) in [6.45, 7) is 6.21. The third-order valence-corrected chi connectivity index (χ3v) is 4.67. The molecule has 1 N–H and O–H groups in total. The average Bonchev–Trinajstić information content (AvgIpc) is 3.08. The zero-order valence-electron chi connectivity index (χ0n) is 15.0. The molecule has 3 rings (SSSR count). The molecule has 1 amide bonds. The molecule has 0 bridgehead atoms. The Hall–Kier alpha value is -2.25. The van der Waals surface area contributed by atoms with E-state index in [0.717, 1.165) is 17.9 Å². The number of H-pyrrole nitrogens is 1. The molecule has 0 saturated carbocycles. The van der Waals surface area contributed by atoms with E-state index in [9.17, 15) is 4.79 Å². The number of ether oxygens (including phenoxy) is 1. The number of hydrogen-bond acceptors (Lipinski definition) is 5. The first-order valence-corrected chi connectivity index (χ1v) is 8.58. The van der Waals surface area contributed by atoms with Crippen LogP contribution >= 0.6 is 0 Å². The number of aryl methyl sites for hydroxylation is 1. The molecular weight excluding hydrogens is 318 g/mol. The normalized spacial score (nSPS) is 19.6. The molecule has 1 fully saturated rings. The quantitative estimate of drug-likeness (QED) is 0.894. The van der Waals surface area contributed by atoms with Crippen LogP contribution in [0.2, 0.25) is 0 Å². The van der Waals surface area contributed by atoms with E-state index in [2.05, 4.69) is 20.1 Å². The monoisotopic (exact) mass is 343 g/mol. The fourth-order valence-electron chi connectivity index (χ4n) is 2.98. The van der Waals surface area contributed by atoms with Crippen LogP contribution in [0, 0.1) is 6.92 Å². The molecule has 7 heteroatoms. The van der Waals surface area contributed by atoms with E-state index in [4.69, 9.17) is 4.74 Å². The van der Waals surface area contributed by atoms with Gasteiger partial charge in [-0.25, -0.2) is 4.98 Å². The number of nitrogens with zero attached hydrogens (tertiary/aromatic N) is 4. The molecule has 2 unspecified atom stereocenters. The number of hydrogen-bond donors (Lipinski definition) is 1. The molecule has 0 spiro atoms. The summed E-state index contributed by atoms with van der Waals surface area (Å²) in [6, 6.07) is 10.1. The number of amides is 1. The van der Waals surface area contributed by atoms with Crippen LogP contribution in [0.15, 0.2) is 30.3 Å². The Kier molecular flexibility index (Phi) is 5.45. The minimum Gasteiger partial charge on any atom is -0.367 e. The topological polar surface area (TPSA) is 74.3 Å². The van der Waals surface area contributed by atoms with Crippen LogP contribution in [-0.4, -0.2) is 64.2 Å². The van der Waals surface area contributed by atoms with Gasteiger partial charge in [-0.15, -0.1) is 0 Å². The number of rotatable bonds is 5. The second-order valence-corrected chi connectivity index (χ2v) is 6.46. The van der Waals surface area contributed by atoms with Gasteiger partial charge in [0.1, 0.15) is 11.9 Å². The number of benzene rings is 1. The van der Waals surface area contributed by atoms with E-state index < -0.39 is 0 Å². The van der Waals surface area contributed by atoms with Gasteiger partial charge in [0, 0.05) is 20.1 Å². The summed E-state index contributed by atoms with van der Waals surface area (Å²) in [5, 5.41) is 7.01. The molecule has 1 saturated heterocycles. The van der Waals surface area contributed by atoms with Crippen LogP contribution in [0.5, 0.6) is 0 Å². The van der Waals surface area contributed by atoms with E-state index in [1.165, 1.54) is 0 Å². The molecule has 1 aromatic carbocycles. The molecule has 1 aliphatic rings. The smallest absolute Gasteiger partial charge is 0.236 e.